The highest BCUT2D eigenvalue weighted by atomic mass is 19.4. The molecule has 0 fully saturated rings. The number of fused-ring (bicyclic) bond motifs is 1. The molecule has 1 aliphatic rings. The number of halogens is 3. The van der Waals surface area contributed by atoms with Crippen LogP contribution >= 0.6 is 0 Å². The van der Waals surface area contributed by atoms with E-state index in [1.54, 1.807) is 0 Å². The van der Waals surface area contributed by atoms with Gasteiger partial charge < -0.3 is 9.47 Å². The van der Waals surface area contributed by atoms with Gasteiger partial charge in [0, 0.05) is 13.1 Å². The van der Waals surface area contributed by atoms with Crippen molar-refractivity contribution >= 4 is 5.91 Å². The second-order valence-electron chi connectivity index (χ2n) is 5.97. The molecule has 25 heavy (non-hydrogen) atoms. The summed E-state index contributed by atoms with van der Waals surface area (Å²) >= 11 is 0. The molecular weight excluding hydrogens is 341 g/mol. The second-order valence-corrected chi connectivity index (χ2v) is 5.97. The molecule has 2 atom stereocenters. The number of amides is 1. The van der Waals surface area contributed by atoms with Crippen LogP contribution in [0.3, 0.4) is 0 Å². The maximum absolute atomic E-state index is 12.9. The smallest absolute Gasteiger partial charge is 0.331 e. The molecule has 1 aliphatic heterocycles. The van der Waals surface area contributed by atoms with Crippen molar-refractivity contribution in [2.45, 2.75) is 45.6 Å². The Kier molecular flexibility index (Phi) is 4.43. The Morgan fingerprint density at radius 1 is 1.32 bits per heavy atom. The van der Waals surface area contributed by atoms with Crippen molar-refractivity contribution in [1.29, 1.82) is 0 Å². The highest BCUT2D eigenvalue weighted by Gasteiger charge is 2.41. The molecule has 3 rings (SSSR count). The lowest BCUT2D eigenvalue weighted by Gasteiger charge is -2.32. The number of alkyl halides is 3. The van der Waals surface area contributed by atoms with E-state index >= 15 is 0 Å². The van der Waals surface area contributed by atoms with Gasteiger partial charge in [-0.3, -0.25) is 4.79 Å². The van der Waals surface area contributed by atoms with Crippen LogP contribution in [0.4, 0.5) is 13.2 Å². The first-order chi connectivity index (χ1) is 11.8. The Morgan fingerprint density at radius 2 is 2.08 bits per heavy atom. The molecule has 0 radical (unpaired) electrons. The Bertz CT molecular complexity index is 741. The maximum Gasteiger partial charge on any atom is 0.451 e. The first-order valence-electron chi connectivity index (χ1n) is 7.83. The van der Waals surface area contributed by atoms with Gasteiger partial charge in [-0.15, -0.1) is 15.3 Å². The molecule has 0 saturated carbocycles. The number of carbonyl (C=O) groups excluding carboxylic acids is 1. The Morgan fingerprint density at radius 3 is 2.68 bits per heavy atom. The van der Waals surface area contributed by atoms with E-state index in [9.17, 15) is 18.0 Å². The lowest BCUT2D eigenvalue weighted by Crippen LogP contribution is -2.44. The van der Waals surface area contributed by atoms with Crippen LogP contribution in [-0.2, 0) is 24.1 Å². The lowest BCUT2D eigenvalue weighted by atomic mass is 9.98. The highest BCUT2D eigenvalue weighted by Crippen LogP contribution is 2.30. The minimum atomic E-state index is -4.57. The first kappa shape index (κ1) is 17.3. The van der Waals surface area contributed by atoms with Gasteiger partial charge in [0.05, 0.1) is 6.54 Å². The zero-order valence-corrected chi connectivity index (χ0v) is 13.7. The first-order valence-corrected chi connectivity index (χ1v) is 7.83. The van der Waals surface area contributed by atoms with Crippen molar-refractivity contribution in [3.63, 3.8) is 0 Å². The fourth-order valence-corrected chi connectivity index (χ4v) is 2.88. The number of rotatable bonds is 4. The van der Waals surface area contributed by atoms with Crippen LogP contribution < -0.4 is 0 Å². The van der Waals surface area contributed by atoms with Crippen molar-refractivity contribution in [2.24, 2.45) is 5.92 Å². The quantitative estimate of drug-likeness (QED) is 0.806. The van der Waals surface area contributed by atoms with E-state index in [0.29, 0.717) is 0 Å². The molecule has 0 aliphatic carbocycles. The minimum Gasteiger partial charge on any atom is -0.331 e. The summed E-state index contributed by atoms with van der Waals surface area (Å²) in [6.45, 7) is 3.95. The molecule has 0 aromatic carbocycles. The summed E-state index contributed by atoms with van der Waals surface area (Å²) in [4.78, 5) is 14.4. The van der Waals surface area contributed by atoms with Crippen molar-refractivity contribution in [2.75, 3.05) is 6.54 Å². The Labute approximate surface area is 140 Å². The molecule has 12 heteroatoms. The topological polar surface area (TPSA) is 94.6 Å². The van der Waals surface area contributed by atoms with Crippen molar-refractivity contribution in [3.8, 4) is 0 Å². The Hall–Kier alpha value is -2.53. The monoisotopic (exact) mass is 358 g/mol. The van der Waals surface area contributed by atoms with Gasteiger partial charge in [0.15, 0.2) is 5.82 Å². The minimum absolute atomic E-state index is 0.00818. The van der Waals surface area contributed by atoms with Gasteiger partial charge in [-0.05, 0) is 16.3 Å². The lowest BCUT2D eigenvalue weighted by molar-refractivity contribution is -0.148. The van der Waals surface area contributed by atoms with E-state index in [1.807, 2.05) is 13.8 Å². The maximum atomic E-state index is 12.9. The van der Waals surface area contributed by atoms with Crippen molar-refractivity contribution in [3.05, 3.63) is 18.0 Å². The van der Waals surface area contributed by atoms with Gasteiger partial charge in [-0.25, -0.2) is 4.68 Å². The van der Waals surface area contributed by atoms with E-state index in [0.717, 1.165) is 11.0 Å². The summed E-state index contributed by atoms with van der Waals surface area (Å²) in [6, 6.07) is -0.614. The van der Waals surface area contributed by atoms with Gasteiger partial charge >= 0.3 is 6.18 Å². The molecule has 136 valence electrons. The average molecular weight is 358 g/mol. The predicted octanol–water partition coefficient (Wildman–Crippen LogP) is 0.913. The van der Waals surface area contributed by atoms with Crippen molar-refractivity contribution in [1.82, 2.24) is 39.9 Å². The molecule has 0 saturated heterocycles. The third-order valence-corrected chi connectivity index (χ3v) is 4.40. The van der Waals surface area contributed by atoms with Crippen LogP contribution in [0.2, 0.25) is 0 Å². The van der Waals surface area contributed by atoms with Gasteiger partial charge in [0.2, 0.25) is 11.7 Å². The van der Waals surface area contributed by atoms with E-state index in [1.165, 1.54) is 15.9 Å². The predicted molar refractivity (Wildman–Crippen MR) is 76.8 cm³/mol. The third-order valence-electron chi connectivity index (χ3n) is 4.40. The fourth-order valence-electron chi connectivity index (χ4n) is 2.88. The molecule has 0 unspecified atom stereocenters. The van der Waals surface area contributed by atoms with Gasteiger partial charge in [-0.2, -0.15) is 13.2 Å². The van der Waals surface area contributed by atoms with Crippen LogP contribution in [0.5, 0.6) is 0 Å². The molecule has 9 nitrogen and oxygen atoms in total. The fraction of sp³-hybridized carbons (Fsp3) is 0.692. The van der Waals surface area contributed by atoms with E-state index in [-0.39, 0.29) is 37.3 Å². The molecule has 1 amide bonds. The summed E-state index contributed by atoms with van der Waals surface area (Å²) in [7, 11) is 0. The summed E-state index contributed by atoms with van der Waals surface area (Å²) in [6.07, 6.45) is -2.48. The number of carbonyl (C=O) groups is 1. The normalized spacial score (nSPS) is 17.2. The molecular formula is C13H17F3N8O. The zero-order valence-electron chi connectivity index (χ0n) is 13.7. The third kappa shape index (κ3) is 3.20. The SMILES string of the molecule is CC[C@H](C)[C@@H](C(=O)N1CCn2c(nnc2C(F)(F)F)C1)n1cnnn1. The molecule has 0 bridgehead atoms. The number of nitrogens with zero attached hydrogens (tertiary/aromatic N) is 8. The van der Waals surface area contributed by atoms with Gasteiger partial charge in [0.25, 0.3) is 0 Å². The van der Waals surface area contributed by atoms with Crippen LogP contribution in [0.1, 0.15) is 38.0 Å². The number of tetrazole rings is 1. The molecule has 2 aromatic heterocycles. The number of hydrogen-bond acceptors (Lipinski definition) is 6. The highest BCUT2D eigenvalue weighted by molar-refractivity contribution is 5.80. The molecule has 2 aromatic rings. The van der Waals surface area contributed by atoms with Crippen LogP contribution in [0.25, 0.3) is 0 Å². The molecule has 0 spiro atoms. The summed E-state index contributed by atoms with van der Waals surface area (Å²) in [5, 5.41) is 17.8. The molecule has 0 N–H and O–H groups in total. The second kappa shape index (κ2) is 6.41. The molecule has 3 heterocycles. The summed E-state index contributed by atoms with van der Waals surface area (Å²) < 4.78 is 41.1. The largest absolute Gasteiger partial charge is 0.451 e. The van der Waals surface area contributed by atoms with E-state index in [4.69, 9.17) is 0 Å². The summed E-state index contributed by atoms with van der Waals surface area (Å²) in [5.41, 5.74) is 0. The summed E-state index contributed by atoms with van der Waals surface area (Å²) in [5.74, 6) is -1.20. The van der Waals surface area contributed by atoms with Gasteiger partial charge in [-0.1, -0.05) is 20.3 Å². The van der Waals surface area contributed by atoms with Crippen LogP contribution in [0.15, 0.2) is 6.33 Å². The van der Waals surface area contributed by atoms with E-state index < -0.39 is 18.0 Å². The van der Waals surface area contributed by atoms with E-state index in [2.05, 4.69) is 25.7 Å². The number of aromatic nitrogens is 7. The number of hydrogen-bond donors (Lipinski definition) is 0. The standard InChI is InChI=1S/C13H17F3N8O/c1-3-8(2)10(24-7-17-20-21-24)11(25)22-4-5-23-9(6-22)18-19-12(23)13(14,15)16/h7-8,10H,3-6H2,1-2H3/t8-,10-/m0/s1. The van der Waals surface area contributed by atoms with Crippen LogP contribution in [-0.4, -0.2) is 52.3 Å². The van der Waals surface area contributed by atoms with Crippen LogP contribution in [0, 0.1) is 5.92 Å². The Balaban J connectivity index is 1.83. The van der Waals surface area contributed by atoms with Gasteiger partial charge in [0.1, 0.15) is 12.4 Å². The van der Waals surface area contributed by atoms with Crippen molar-refractivity contribution < 1.29 is 18.0 Å². The zero-order chi connectivity index (χ0) is 18.2. The average Bonchev–Trinajstić information content (AvgIpc) is 3.22.